The van der Waals surface area contributed by atoms with Gasteiger partial charge in [-0.1, -0.05) is 0 Å². The maximum Gasteiger partial charge on any atom is 2.00 e. The van der Waals surface area contributed by atoms with Gasteiger partial charge in [-0.05, 0) is 0 Å². The van der Waals surface area contributed by atoms with E-state index in [1.54, 1.807) is 0 Å². The molecule has 0 aromatic rings. The van der Waals surface area contributed by atoms with Crippen molar-refractivity contribution in [3.63, 3.8) is 0 Å². The molecule has 19 heavy (non-hydrogen) atoms. The van der Waals surface area contributed by atoms with Crippen LogP contribution in [0, 0.1) is 0 Å². The molecule has 0 saturated heterocycles. The number of hydrogen-bond acceptors (Lipinski definition) is 12. The zero-order chi connectivity index (χ0) is 13.5. The summed E-state index contributed by atoms with van der Waals surface area (Å²) in [6.07, 6.45) is 0. The fraction of sp³-hybridized carbons (Fsp3) is 0. The molecule has 19 heteroatoms. The Bertz CT molecular complexity index is 350. The topological polar surface area (TPSA) is 241 Å². The van der Waals surface area contributed by atoms with Crippen molar-refractivity contribution in [2.75, 3.05) is 0 Å². The molecule has 0 unspecified atom stereocenters. The fourth-order valence-corrected chi connectivity index (χ4v) is 0. The number of hydrogen-bond donors (Lipinski definition) is 0. The molecule has 0 N–H and O–H groups in total. The van der Waals surface area contributed by atoms with E-state index in [4.69, 9.17) is 52.6 Å². The first-order valence-electron chi connectivity index (χ1n) is 2.00. The Labute approximate surface area is 248 Å². The largest absolute Gasteiger partial charge is 2.00 e. The van der Waals surface area contributed by atoms with E-state index in [1.165, 1.54) is 0 Å². The second kappa shape index (κ2) is 20.8. The molecule has 0 atom stereocenters. The summed E-state index contributed by atoms with van der Waals surface area (Å²) in [5, 5.41) is 0. The molecule has 0 spiro atoms. The molecule has 0 bridgehead atoms. The van der Waals surface area contributed by atoms with Crippen molar-refractivity contribution in [2.45, 2.75) is 0 Å². The molecule has 12 nitrogen and oxygen atoms in total. The van der Waals surface area contributed by atoms with Gasteiger partial charge in [0.05, 0.1) is 0 Å². The fourth-order valence-electron chi connectivity index (χ4n) is 0. The SMILES string of the molecule is O=S(=O)([O-])[O-].O=S(=O)([O-])[O-].O=S(=O)([O-])[O-].[Cs+].[Cs+].[Fe+2].[Fe+2]. The van der Waals surface area contributed by atoms with E-state index in [-0.39, 0.29) is 172 Å². The Balaban J connectivity index is -0.0000000206. The molecule has 0 aliphatic rings. The average Bonchev–Trinajstić information content (AvgIpc) is 1.41. The van der Waals surface area contributed by atoms with E-state index >= 15 is 0 Å². The van der Waals surface area contributed by atoms with Crippen LogP contribution in [-0.4, -0.2) is 52.6 Å². The molecule has 0 fully saturated rings. The van der Waals surface area contributed by atoms with Gasteiger partial charge >= 0.3 is 172 Å². The van der Waals surface area contributed by atoms with Crippen molar-refractivity contribution in [3.8, 4) is 0 Å². The molecule has 0 rings (SSSR count). The van der Waals surface area contributed by atoms with Crippen LogP contribution in [-0.2, 0) is 65.3 Å². The van der Waals surface area contributed by atoms with E-state index < -0.39 is 31.2 Å². The molecule has 0 amide bonds. The van der Waals surface area contributed by atoms with Crippen LogP contribution in [0.4, 0.5) is 0 Å². The molecule has 0 saturated carbocycles. The van der Waals surface area contributed by atoms with Gasteiger partial charge in [0.15, 0.2) is 0 Å². The van der Waals surface area contributed by atoms with Crippen LogP contribution in [0.15, 0.2) is 0 Å². The molecular weight excluding hydrogens is 666 g/mol. The summed E-state index contributed by atoms with van der Waals surface area (Å²) in [7, 11) is -15.5. The number of rotatable bonds is 0. The Hall–Kier alpha value is 4.75. The standard InChI is InChI=1S/2Cs.2Fe.3H2O4S/c;;;;3*1-5(2,3)4/h;;;;3*(H2,1,2,3,4)/q2*+1;2*+2;;;/p-6. The van der Waals surface area contributed by atoms with Gasteiger partial charge in [-0.25, -0.2) is 0 Å². The van der Waals surface area contributed by atoms with E-state index in [9.17, 15) is 0 Å². The van der Waals surface area contributed by atoms with Gasteiger partial charge in [-0.15, -0.1) is 0 Å². The molecule has 0 heterocycles. The van der Waals surface area contributed by atoms with Crippen molar-refractivity contribution in [3.05, 3.63) is 0 Å². The van der Waals surface area contributed by atoms with Crippen molar-refractivity contribution in [1.29, 1.82) is 0 Å². The second-order valence-corrected chi connectivity index (χ2v) is 3.67. The first kappa shape index (κ1) is 43.8. The Kier molecular flexibility index (Phi) is 48.0. The molecule has 0 radical (unpaired) electrons. The molecular formula is Cs2Fe2O12S3. The summed E-state index contributed by atoms with van der Waals surface area (Å²) in [4.78, 5) is 0. The van der Waals surface area contributed by atoms with Crippen molar-refractivity contribution >= 4 is 31.2 Å². The molecule has 0 aromatic heterocycles. The van der Waals surface area contributed by atoms with Gasteiger partial charge in [0.2, 0.25) is 0 Å². The van der Waals surface area contributed by atoms with E-state index in [1.807, 2.05) is 0 Å². The first-order chi connectivity index (χ1) is 6.00. The van der Waals surface area contributed by atoms with Crippen molar-refractivity contribution < 1.29 is 224 Å². The van der Waals surface area contributed by atoms with Crippen LogP contribution in [0.25, 0.3) is 0 Å². The quantitative estimate of drug-likeness (QED) is 0.133. The molecule has 0 aromatic carbocycles. The van der Waals surface area contributed by atoms with Crippen LogP contribution < -0.4 is 138 Å². The summed E-state index contributed by atoms with van der Waals surface area (Å²) >= 11 is 0. The minimum absolute atomic E-state index is 0. The zero-order valence-corrected chi connectivity index (χ0v) is 26.0. The first-order valence-corrected chi connectivity index (χ1v) is 6.00. The summed E-state index contributed by atoms with van der Waals surface area (Å²) in [5.41, 5.74) is 0. The van der Waals surface area contributed by atoms with Crippen LogP contribution in [0.5, 0.6) is 0 Å². The van der Waals surface area contributed by atoms with Crippen LogP contribution >= 0.6 is 0 Å². The van der Waals surface area contributed by atoms with Gasteiger partial charge in [-0.2, -0.15) is 0 Å². The smallest absolute Gasteiger partial charge is 0.759 e. The summed E-state index contributed by atoms with van der Waals surface area (Å²) in [6.45, 7) is 0. The van der Waals surface area contributed by atoms with Gasteiger partial charge < -0.3 is 27.3 Å². The van der Waals surface area contributed by atoms with Crippen molar-refractivity contribution in [2.24, 2.45) is 0 Å². The third-order valence-electron chi connectivity index (χ3n) is 0. The van der Waals surface area contributed by atoms with Gasteiger partial charge in [0.1, 0.15) is 0 Å². The molecule has 0 aliphatic carbocycles. The molecule has 108 valence electrons. The maximum absolute atomic E-state index is 8.52. The predicted octanol–water partition coefficient (Wildman–Crippen LogP) is -10.0. The minimum Gasteiger partial charge on any atom is -0.759 e. The van der Waals surface area contributed by atoms with Gasteiger partial charge in [0, 0.05) is 31.2 Å². The summed E-state index contributed by atoms with van der Waals surface area (Å²) < 4.78 is 102. The zero-order valence-electron chi connectivity index (χ0n) is 8.83. The Morgan fingerprint density at radius 3 is 0.421 bits per heavy atom. The van der Waals surface area contributed by atoms with Crippen LogP contribution in [0.1, 0.15) is 0 Å². The van der Waals surface area contributed by atoms with Crippen LogP contribution in [0.2, 0.25) is 0 Å². The third kappa shape index (κ3) is 434. The Morgan fingerprint density at radius 2 is 0.421 bits per heavy atom. The molecule has 0 aliphatic heterocycles. The Morgan fingerprint density at radius 1 is 0.421 bits per heavy atom. The summed E-state index contributed by atoms with van der Waals surface area (Å²) in [6, 6.07) is 0. The average molecular weight is 666 g/mol. The third-order valence-corrected chi connectivity index (χ3v) is 0. The van der Waals surface area contributed by atoms with Gasteiger partial charge in [-0.3, -0.25) is 25.3 Å². The van der Waals surface area contributed by atoms with Crippen LogP contribution in [0.3, 0.4) is 0 Å². The normalized spacial score (nSPS) is 9.16. The van der Waals surface area contributed by atoms with Crippen molar-refractivity contribution in [1.82, 2.24) is 0 Å². The van der Waals surface area contributed by atoms with Gasteiger partial charge in [0.25, 0.3) is 0 Å². The maximum atomic E-state index is 8.52. The summed E-state index contributed by atoms with van der Waals surface area (Å²) in [5.74, 6) is 0. The van der Waals surface area contributed by atoms with E-state index in [0.717, 1.165) is 0 Å². The second-order valence-electron chi connectivity index (χ2n) is 1.22. The van der Waals surface area contributed by atoms with E-state index in [2.05, 4.69) is 0 Å². The van der Waals surface area contributed by atoms with E-state index in [0.29, 0.717) is 0 Å². The minimum atomic E-state index is -5.17. The monoisotopic (exact) mass is 666 g/mol. The predicted molar refractivity (Wildman–Crippen MR) is 31.4 cm³/mol.